The van der Waals surface area contributed by atoms with Gasteiger partial charge in [-0.1, -0.05) is 17.7 Å². The number of carbonyl (C=O) groups is 1. The molecule has 17 heavy (non-hydrogen) atoms. The lowest BCUT2D eigenvalue weighted by molar-refractivity contribution is -0.940. The summed E-state index contributed by atoms with van der Waals surface area (Å²) in [5.41, 5.74) is 2.10. The van der Waals surface area contributed by atoms with Gasteiger partial charge in [0.2, 0.25) is 0 Å². The Morgan fingerprint density at radius 3 is 2.59 bits per heavy atom. The van der Waals surface area contributed by atoms with E-state index in [0.29, 0.717) is 6.54 Å². The SMILES string of the molecule is Cc1ccc(NC(=O)C[NH+]2CC[NH2+]CC2)cc1. The highest BCUT2D eigenvalue weighted by Crippen LogP contribution is 2.07. The van der Waals surface area contributed by atoms with Gasteiger partial charge in [-0.2, -0.15) is 0 Å². The summed E-state index contributed by atoms with van der Waals surface area (Å²) < 4.78 is 0. The summed E-state index contributed by atoms with van der Waals surface area (Å²) in [5.74, 6) is 0.116. The Morgan fingerprint density at radius 2 is 1.94 bits per heavy atom. The molecule has 0 atom stereocenters. The van der Waals surface area contributed by atoms with Gasteiger partial charge < -0.3 is 15.5 Å². The van der Waals surface area contributed by atoms with Crippen LogP contribution >= 0.6 is 0 Å². The van der Waals surface area contributed by atoms with E-state index in [-0.39, 0.29) is 5.91 Å². The van der Waals surface area contributed by atoms with Gasteiger partial charge in [-0.15, -0.1) is 0 Å². The molecule has 0 radical (unpaired) electrons. The summed E-state index contributed by atoms with van der Waals surface area (Å²) in [7, 11) is 0. The van der Waals surface area contributed by atoms with Crippen molar-refractivity contribution in [2.45, 2.75) is 6.92 Å². The fourth-order valence-corrected chi connectivity index (χ4v) is 2.13. The van der Waals surface area contributed by atoms with E-state index < -0.39 is 0 Å². The van der Waals surface area contributed by atoms with Crippen LogP contribution < -0.4 is 15.5 Å². The van der Waals surface area contributed by atoms with E-state index in [4.69, 9.17) is 0 Å². The Hall–Kier alpha value is -1.39. The van der Waals surface area contributed by atoms with Crippen LogP contribution in [0.3, 0.4) is 0 Å². The van der Waals surface area contributed by atoms with Crippen LogP contribution in [0, 0.1) is 6.92 Å². The molecular formula is C13H21N3O+2. The van der Waals surface area contributed by atoms with E-state index >= 15 is 0 Å². The number of piperazine rings is 1. The van der Waals surface area contributed by atoms with E-state index in [9.17, 15) is 4.79 Å². The van der Waals surface area contributed by atoms with Gasteiger partial charge in [-0.05, 0) is 19.1 Å². The van der Waals surface area contributed by atoms with E-state index in [1.54, 1.807) is 0 Å². The zero-order valence-corrected chi connectivity index (χ0v) is 10.3. The fraction of sp³-hybridized carbons (Fsp3) is 0.462. The highest BCUT2D eigenvalue weighted by atomic mass is 16.2. The maximum atomic E-state index is 11.8. The lowest BCUT2D eigenvalue weighted by atomic mass is 10.2. The number of rotatable bonds is 3. The van der Waals surface area contributed by atoms with Crippen molar-refractivity contribution >= 4 is 11.6 Å². The summed E-state index contributed by atoms with van der Waals surface area (Å²) in [4.78, 5) is 13.2. The van der Waals surface area contributed by atoms with Crippen molar-refractivity contribution in [1.82, 2.24) is 0 Å². The molecule has 1 aromatic carbocycles. The molecule has 4 heteroatoms. The number of nitrogens with two attached hydrogens (primary N) is 1. The summed E-state index contributed by atoms with van der Waals surface area (Å²) in [5, 5.41) is 5.25. The minimum Gasteiger partial charge on any atom is -0.337 e. The maximum absolute atomic E-state index is 11.8. The average Bonchev–Trinajstić information content (AvgIpc) is 2.33. The van der Waals surface area contributed by atoms with Crippen molar-refractivity contribution in [3.05, 3.63) is 29.8 Å². The standard InChI is InChI=1S/C13H19N3O/c1-11-2-4-12(5-3-11)15-13(17)10-16-8-6-14-7-9-16/h2-5,14H,6-10H2,1H3,(H,15,17)/p+2. The smallest absolute Gasteiger partial charge is 0.279 e. The van der Waals surface area contributed by atoms with E-state index in [2.05, 4.69) is 10.6 Å². The summed E-state index contributed by atoms with van der Waals surface area (Å²) in [6.07, 6.45) is 0. The molecular weight excluding hydrogens is 214 g/mol. The van der Waals surface area contributed by atoms with Gasteiger partial charge in [0.1, 0.15) is 26.2 Å². The number of carbonyl (C=O) groups excluding carboxylic acids is 1. The average molecular weight is 235 g/mol. The Balaban J connectivity index is 1.82. The van der Waals surface area contributed by atoms with Gasteiger partial charge in [0.05, 0.1) is 0 Å². The predicted octanol–water partition coefficient (Wildman–Crippen LogP) is -1.60. The third-order valence-electron chi connectivity index (χ3n) is 3.15. The van der Waals surface area contributed by atoms with Crippen molar-refractivity contribution in [3.8, 4) is 0 Å². The molecule has 1 heterocycles. The highest BCUT2D eigenvalue weighted by Gasteiger charge is 2.18. The molecule has 0 spiro atoms. The number of amides is 1. The van der Waals surface area contributed by atoms with Crippen molar-refractivity contribution in [2.24, 2.45) is 0 Å². The molecule has 1 fully saturated rings. The third kappa shape index (κ3) is 3.84. The summed E-state index contributed by atoms with van der Waals surface area (Å²) in [6.45, 7) is 7.06. The van der Waals surface area contributed by atoms with Crippen LogP contribution in [-0.4, -0.2) is 38.6 Å². The van der Waals surface area contributed by atoms with Gasteiger partial charge >= 0.3 is 0 Å². The van der Waals surface area contributed by atoms with E-state index in [1.807, 2.05) is 31.2 Å². The number of benzene rings is 1. The molecule has 0 bridgehead atoms. The van der Waals surface area contributed by atoms with Crippen molar-refractivity contribution in [2.75, 3.05) is 38.0 Å². The Kier molecular flexibility index (Phi) is 4.12. The second kappa shape index (κ2) is 5.80. The van der Waals surface area contributed by atoms with Crippen LogP contribution in [0.15, 0.2) is 24.3 Å². The molecule has 1 amide bonds. The second-order valence-electron chi connectivity index (χ2n) is 4.71. The number of anilines is 1. The number of aryl methyl sites for hydroxylation is 1. The molecule has 92 valence electrons. The molecule has 0 saturated carbocycles. The van der Waals surface area contributed by atoms with Crippen molar-refractivity contribution < 1.29 is 15.0 Å². The first kappa shape index (κ1) is 12.1. The van der Waals surface area contributed by atoms with Gasteiger partial charge in [-0.3, -0.25) is 4.79 Å². The first-order valence-electron chi connectivity index (χ1n) is 6.26. The molecule has 4 N–H and O–H groups in total. The van der Waals surface area contributed by atoms with Crippen LogP contribution in [0.5, 0.6) is 0 Å². The van der Waals surface area contributed by atoms with Crippen molar-refractivity contribution in [1.29, 1.82) is 0 Å². The molecule has 0 aromatic heterocycles. The summed E-state index contributed by atoms with van der Waals surface area (Å²) >= 11 is 0. The quantitative estimate of drug-likeness (QED) is 0.580. The van der Waals surface area contributed by atoms with Gasteiger partial charge in [0.25, 0.3) is 5.91 Å². The molecule has 0 aliphatic carbocycles. The van der Waals surface area contributed by atoms with E-state index in [1.165, 1.54) is 10.5 Å². The zero-order valence-electron chi connectivity index (χ0n) is 10.3. The molecule has 0 unspecified atom stereocenters. The highest BCUT2D eigenvalue weighted by molar-refractivity contribution is 5.91. The van der Waals surface area contributed by atoms with Crippen LogP contribution in [0.2, 0.25) is 0 Å². The molecule has 1 aliphatic heterocycles. The van der Waals surface area contributed by atoms with Crippen LogP contribution in [0.1, 0.15) is 5.56 Å². The maximum Gasteiger partial charge on any atom is 0.279 e. The number of hydrogen-bond donors (Lipinski definition) is 3. The lowest BCUT2D eigenvalue weighted by Gasteiger charge is -2.21. The van der Waals surface area contributed by atoms with Gasteiger partial charge in [0, 0.05) is 5.69 Å². The zero-order chi connectivity index (χ0) is 12.1. The number of nitrogens with one attached hydrogen (secondary N) is 2. The third-order valence-corrected chi connectivity index (χ3v) is 3.15. The van der Waals surface area contributed by atoms with Gasteiger partial charge in [0.15, 0.2) is 6.54 Å². The first-order valence-corrected chi connectivity index (χ1v) is 6.26. The number of hydrogen-bond acceptors (Lipinski definition) is 1. The Labute approximate surface area is 102 Å². The first-order chi connectivity index (χ1) is 8.24. The predicted molar refractivity (Wildman–Crippen MR) is 67.0 cm³/mol. The molecule has 1 aromatic rings. The molecule has 4 nitrogen and oxygen atoms in total. The topological polar surface area (TPSA) is 50.1 Å². The molecule has 2 rings (SSSR count). The minimum atomic E-state index is 0.116. The van der Waals surface area contributed by atoms with Crippen LogP contribution in [-0.2, 0) is 4.79 Å². The van der Waals surface area contributed by atoms with E-state index in [0.717, 1.165) is 31.9 Å². The molecule has 1 aliphatic rings. The monoisotopic (exact) mass is 235 g/mol. The Bertz CT molecular complexity index is 369. The van der Waals surface area contributed by atoms with Crippen LogP contribution in [0.4, 0.5) is 5.69 Å². The van der Waals surface area contributed by atoms with Crippen molar-refractivity contribution in [3.63, 3.8) is 0 Å². The second-order valence-corrected chi connectivity index (χ2v) is 4.71. The normalized spacial score (nSPS) is 16.8. The molecule has 1 saturated heterocycles. The fourth-order valence-electron chi connectivity index (χ4n) is 2.13. The number of quaternary nitrogens is 2. The largest absolute Gasteiger partial charge is 0.337 e. The Morgan fingerprint density at radius 1 is 1.29 bits per heavy atom. The minimum absolute atomic E-state index is 0.116. The lowest BCUT2D eigenvalue weighted by Crippen LogP contribution is -3.21. The summed E-state index contributed by atoms with van der Waals surface area (Å²) in [6, 6.07) is 7.93. The van der Waals surface area contributed by atoms with Gasteiger partial charge in [-0.25, -0.2) is 0 Å². The van der Waals surface area contributed by atoms with Crippen LogP contribution in [0.25, 0.3) is 0 Å².